The van der Waals surface area contributed by atoms with Crippen molar-refractivity contribution in [3.8, 4) is 11.3 Å². The van der Waals surface area contributed by atoms with Gasteiger partial charge in [0.2, 0.25) is 0 Å². The predicted octanol–water partition coefficient (Wildman–Crippen LogP) is 3.26. The molecule has 2 heterocycles. The topological polar surface area (TPSA) is 73.8 Å². The van der Waals surface area contributed by atoms with E-state index in [0.29, 0.717) is 6.04 Å². The second-order valence-electron chi connectivity index (χ2n) is 6.76. The lowest BCUT2D eigenvalue weighted by molar-refractivity contribution is -0.0234. The zero-order chi connectivity index (χ0) is 16.0. The minimum atomic E-state index is -0.524. The molecule has 118 valence electrons. The van der Waals surface area contributed by atoms with Gasteiger partial charge in [0.15, 0.2) is 0 Å². The van der Waals surface area contributed by atoms with Crippen LogP contribution in [0.25, 0.3) is 22.2 Å². The summed E-state index contributed by atoms with van der Waals surface area (Å²) in [5.74, 6) is 0. The molecule has 1 aliphatic rings. The van der Waals surface area contributed by atoms with Gasteiger partial charge in [0, 0.05) is 34.6 Å². The Morgan fingerprint density at radius 3 is 2.78 bits per heavy atom. The highest BCUT2D eigenvalue weighted by Crippen LogP contribution is 2.36. The number of rotatable bonds is 3. The fourth-order valence-electron chi connectivity index (χ4n) is 3.39. The van der Waals surface area contributed by atoms with Crippen molar-refractivity contribution in [3.05, 3.63) is 42.2 Å². The third-order valence-electron chi connectivity index (χ3n) is 4.48. The van der Waals surface area contributed by atoms with Gasteiger partial charge in [-0.3, -0.25) is 10.1 Å². The number of hydrogen-bond acceptors (Lipinski definition) is 4. The first-order valence-electron chi connectivity index (χ1n) is 7.90. The van der Waals surface area contributed by atoms with E-state index in [2.05, 4.69) is 44.8 Å². The summed E-state index contributed by atoms with van der Waals surface area (Å²) in [7, 11) is 0. The number of aromatic amines is 1. The summed E-state index contributed by atoms with van der Waals surface area (Å²) >= 11 is 0. The lowest BCUT2D eigenvalue weighted by atomic mass is 9.77. The van der Waals surface area contributed by atoms with E-state index in [-0.39, 0.29) is 0 Å². The molecular formula is C18H20N4O. The first kappa shape index (κ1) is 14.2. The van der Waals surface area contributed by atoms with Crippen LogP contribution in [0.5, 0.6) is 0 Å². The van der Waals surface area contributed by atoms with Gasteiger partial charge in [-0.25, -0.2) is 0 Å². The zero-order valence-corrected chi connectivity index (χ0v) is 13.3. The van der Waals surface area contributed by atoms with Crippen LogP contribution in [0.4, 0.5) is 5.69 Å². The van der Waals surface area contributed by atoms with Gasteiger partial charge < -0.3 is 10.4 Å². The summed E-state index contributed by atoms with van der Waals surface area (Å²) < 4.78 is 0. The first-order chi connectivity index (χ1) is 11.0. The minimum Gasteiger partial charge on any atom is -0.390 e. The number of hydrogen-bond donors (Lipinski definition) is 3. The number of fused-ring (bicyclic) bond motifs is 1. The molecule has 3 aromatic rings. The highest BCUT2D eigenvalue weighted by atomic mass is 16.3. The molecule has 0 saturated heterocycles. The van der Waals surface area contributed by atoms with E-state index in [0.717, 1.165) is 46.4 Å². The van der Waals surface area contributed by atoms with Gasteiger partial charge in [0.25, 0.3) is 0 Å². The maximum Gasteiger partial charge on any atom is 0.0732 e. The lowest BCUT2D eigenvalue weighted by Crippen LogP contribution is -2.48. The smallest absolute Gasteiger partial charge is 0.0732 e. The van der Waals surface area contributed by atoms with Crippen molar-refractivity contribution in [3.63, 3.8) is 0 Å². The largest absolute Gasteiger partial charge is 0.390 e. The second kappa shape index (κ2) is 5.06. The van der Waals surface area contributed by atoms with Crippen LogP contribution in [-0.4, -0.2) is 31.9 Å². The molecule has 0 radical (unpaired) electrons. The Bertz CT molecular complexity index is 847. The maximum absolute atomic E-state index is 9.91. The maximum atomic E-state index is 9.91. The summed E-state index contributed by atoms with van der Waals surface area (Å²) in [4.78, 5) is 4.66. The number of aryl methyl sites for hydroxylation is 1. The molecule has 0 aliphatic heterocycles. The van der Waals surface area contributed by atoms with Gasteiger partial charge in [-0.2, -0.15) is 5.10 Å². The number of benzene rings is 1. The van der Waals surface area contributed by atoms with Crippen molar-refractivity contribution in [1.82, 2.24) is 15.2 Å². The normalized spacial score (nSPS) is 23.7. The molecule has 1 fully saturated rings. The summed E-state index contributed by atoms with van der Waals surface area (Å²) in [6.45, 7) is 3.89. The Kier molecular flexibility index (Phi) is 3.13. The average molecular weight is 308 g/mol. The summed E-state index contributed by atoms with van der Waals surface area (Å²) in [6, 6.07) is 10.6. The van der Waals surface area contributed by atoms with Gasteiger partial charge in [-0.05, 0) is 44.9 Å². The van der Waals surface area contributed by atoms with E-state index in [1.165, 1.54) is 0 Å². The molecule has 0 spiro atoms. The molecule has 0 atom stereocenters. The van der Waals surface area contributed by atoms with E-state index in [4.69, 9.17) is 0 Å². The standard InChI is InChI=1S/C18H20N4O/c1-11-7-16(21-13-9-18(2,23)10-13)14-4-3-12(8-17(14)20-11)15-5-6-19-22-15/h3-8,13,23H,9-10H2,1-2H3,(H,19,22)(H,20,21). The molecule has 23 heavy (non-hydrogen) atoms. The van der Waals surface area contributed by atoms with E-state index < -0.39 is 5.60 Å². The fraction of sp³-hybridized carbons (Fsp3) is 0.333. The van der Waals surface area contributed by atoms with Crippen LogP contribution in [0.2, 0.25) is 0 Å². The third-order valence-corrected chi connectivity index (χ3v) is 4.48. The molecule has 0 unspecified atom stereocenters. The van der Waals surface area contributed by atoms with E-state index >= 15 is 0 Å². The number of nitrogens with one attached hydrogen (secondary N) is 2. The third kappa shape index (κ3) is 2.68. The number of H-pyrrole nitrogens is 1. The highest BCUT2D eigenvalue weighted by molar-refractivity contribution is 5.94. The summed E-state index contributed by atoms with van der Waals surface area (Å²) in [6.07, 6.45) is 3.31. The van der Waals surface area contributed by atoms with Crippen molar-refractivity contribution < 1.29 is 5.11 Å². The van der Waals surface area contributed by atoms with E-state index in [1.807, 2.05) is 19.9 Å². The van der Waals surface area contributed by atoms with Gasteiger partial charge in [0.1, 0.15) is 0 Å². The van der Waals surface area contributed by atoms with Gasteiger partial charge in [-0.15, -0.1) is 0 Å². The molecule has 5 nitrogen and oxygen atoms in total. The van der Waals surface area contributed by atoms with Crippen molar-refractivity contribution in [2.24, 2.45) is 0 Å². The van der Waals surface area contributed by atoms with E-state index in [9.17, 15) is 5.11 Å². The Morgan fingerprint density at radius 1 is 1.26 bits per heavy atom. The van der Waals surface area contributed by atoms with Gasteiger partial charge >= 0.3 is 0 Å². The molecule has 0 bridgehead atoms. The molecule has 2 aromatic heterocycles. The first-order valence-corrected chi connectivity index (χ1v) is 7.90. The second-order valence-corrected chi connectivity index (χ2v) is 6.76. The SMILES string of the molecule is Cc1cc(NC2CC(C)(O)C2)c2ccc(-c3ccn[nH]3)cc2n1. The van der Waals surface area contributed by atoms with Crippen LogP contribution >= 0.6 is 0 Å². The molecule has 4 rings (SSSR count). The number of aliphatic hydroxyl groups is 1. The zero-order valence-electron chi connectivity index (χ0n) is 13.3. The molecule has 0 amide bonds. The minimum absolute atomic E-state index is 0.322. The van der Waals surface area contributed by atoms with Crippen molar-refractivity contribution >= 4 is 16.6 Å². The Hall–Kier alpha value is -2.40. The average Bonchev–Trinajstić information content (AvgIpc) is 2.98. The number of pyridine rings is 1. The molecule has 5 heteroatoms. The Morgan fingerprint density at radius 2 is 2.09 bits per heavy atom. The van der Waals surface area contributed by atoms with Crippen molar-refractivity contribution in [2.45, 2.75) is 38.3 Å². The number of aromatic nitrogens is 3. The Balaban J connectivity index is 1.71. The van der Waals surface area contributed by atoms with Crippen LogP contribution in [0, 0.1) is 6.92 Å². The molecule has 1 saturated carbocycles. The molecular weight excluding hydrogens is 288 g/mol. The van der Waals surface area contributed by atoms with E-state index in [1.54, 1.807) is 6.20 Å². The lowest BCUT2D eigenvalue weighted by Gasteiger charge is -2.41. The van der Waals surface area contributed by atoms with Crippen molar-refractivity contribution in [2.75, 3.05) is 5.32 Å². The number of nitrogens with zero attached hydrogens (tertiary/aromatic N) is 2. The quantitative estimate of drug-likeness (QED) is 0.694. The van der Waals surface area contributed by atoms with Crippen LogP contribution in [0.3, 0.4) is 0 Å². The summed E-state index contributed by atoms with van der Waals surface area (Å²) in [5.41, 5.74) is 4.57. The molecule has 3 N–H and O–H groups in total. The fourth-order valence-corrected chi connectivity index (χ4v) is 3.39. The molecule has 1 aliphatic carbocycles. The van der Waals surface area contributed by atoms with Crippen LogP contribution in [-0.2, 0) is 0 Å². The highest BCUT2D eigenvalue weighted by Gasteiger charge is 2.38. The van der Waals surface area contributed by atoms with Crippen LogP contribution in [0.15, 0.2) is 36.5 Å². The van der Waals surface area contributed by atoms with Crippen LogP contribution in [0.1, 0.15) is 25.5 Å². The van der Waals surface area contributed by atoms with Gasteiger partial charge in [0.05, 0.1) is 16.8 Å². The van der Waals surface area contributed by atoms with Crippen LogP contribution < -0.4 is 5.32 Å². The van der Waals surface area contributed by atoms with Crippen molar-refractivity contribution in [1.29, 1.82) is 0 Å². The summed E-state index contributed by atoms with van der Waals surface area (Å²) in [5, 5.41) is 21.6. The van der Waals surface area contributed by atoms with Gasteiger partial charge in [-0.1, -0.05) is 12.1 Å². The Labute approximate surface area is 134 Å². The monoisotopic (exact) mass is 308 g/mol. The predicted molar refractivity (Wildman–Crippen MR) is 91.3 cm³/mol. The number of anilines is 1. The molecule has 1 aromatic carbocycles.